The first-order chi connectivity index (χ1) is 18.7. The lowest BCUT2D eigenvalue weighted by atomic mass is 10.2. The number of ether oxygens (including phenoxy) is 1. The molecule has 0 spiro atoms. The molecule has 0 saturated heterocycles. The normalized spacial score (nSPS) is 11.8. The summed E-state index contributed by atoms with van der Waals surface area (Å²) in [6.07, 6.45) is -0.548. The fraction of sp³-hybridized carbons (Fsp3) is 0.269. The first-order valence-corrected chi connectivity index (χ1v) is 11.8. The SMILES string of the molecule is C=CC(=O)Nc1cccc(NC(=Nc2cnc(N(CCC)CCNC=O)cc2OC)/C(=C\N=C)C(F)(F)F)c1. The van der Waals surface area contributed by atoms with Gasteiger partial charge >= 0.3 is 6.18 Å². The molecular formula is C26H30F3N7O3. The van der Waals surface area contributed by atoms with E-state index in [1.54, 1.807) is 18.2 Å². The third-order valence-electron chi connectivity index (χ3n) is 5.07. The maximum atomic E-state index is 14.0. The van der Waals surface area contributed by atoms with E-state index in [9.17, 15) is 22.8 Å². The summed E-state index contributed by atoms with van der Waals surface area (Å²) in [5, 5.41) is 7.78. The molecule has 0 fully saturated rings. The predicted molar refractivity (Wildman–Crippen MR) is 147 cm³/mol. The number of carbonyl (C=O) groups excluding carboxylic acids is 2. The Morgan fingerprint density at radius 1 is 1.21 bits per heavy atom. The lowest BCUT2D eigenvalue weighted by Crippen LogP contribution is -2.32. The Balaban J connectivity index is 2.57. The third-order valence-corrected chi connectivity index (χ3v) is 5.07. The van der Waals surface area contributed by atoms with Gasteiger partial charge < -0.3 is 25.6 Å². The molecule has 1 aromatic carbocycles. The summed E-state index contributed by atoms with van der Waals surface area (Å²) < 4.78 is 47.5. The summed E-state index contributed by atoms with van der Waals surface area (Å²) in [4.78, 5) is 36.0. The number of hydrogen-bond donors (Lipinski definition) is 3. The molecule has 10 nitrogen and oxygen atoms in total. The number of nitrogens with zero attached hydrogens (tertiary/aromatic N) is 4. The van der Waals surface area contributed by atoms with Gasteiger partial charge in [0.05, 0.1) is 13.3 Å². The number of hydrogen-bond acceptors (Lipinski definition) is 7. The predicted octanol–water partition coefficient (Wildman–Crippen LogP) is 4.47. The van der Waals surface area contributed by atoms with Crippen molar-refractivity contribution in [3.8, 4) is 5.75 Å². The average Bonchev–Trinajstić information content (AvgIpc) is 2.90. The second-order valence-corrected chi connectivity index (χ2v) is 7.86. The van der Waals surface area contributed by atoms with E-state index >= 15 is 0 Å². The molecule has 39 heavy (non-hydrogen) atoms. The van der Waals surface area contributed by atoms with Crippen molar-refractivity contribution in [1.29, 1.82) is 0 Å². The first kappa shape index (κ1) is 30.5. The van der Waals surface area contributed by atoms with Gasteiger partial charge in [0, 0.05) is 43.3 Å². The number of anilines is 3. The number of aromatic nitrogens is 1. The van der Waals surface area contributed by atoms with E-state index in [0.29, 0.717) is 43.7 Å². The van der Waals surface area contributed by atoms with E-state index in [2.05, 4.69) is 44.2 Å². The number of halogens is 3. The summed E-state index contributed by atoms with van der Waals surface area (Å²) in [7, 11) is 1.36. The molecule has 2 amide bonds. The summed E-state index contributed by atoms with van der Waals surface area (Å²) in [6.45, 7) is 9.95. The van der Waals surface area contributed by atoms with Crippen LogP contribution < -0.4 is 25.6 Å². The molecule has 3 N–H and O–H groups in total. The smallest absolute Gasteiger partial charge is 0.421 e. The molecule has 0 aliphatic heterocycles. The Bertz CT molecular complexity index is 1230. The van der Waals surface area contributed by atoms with Crippen LogP contribution in [0.25, 0.3) is 0 Å². The minimum atomic E-state index is -4.84. The van der Waals surface area contributed by atoms with Gasteiger partial charge in [-0.3, -0.25) is 14.6 Å². The van der Waals surface area contributed by atoms with Crippen LogP contribution in [0.4, 0.5) is 36.1 Å². The molecule has 0 aliphatic carbocycles. The minimum Gasteiger partial charge on any atom is -0.494 e. The van der Waals surface area contributed by atoms with Gasteiger partial charge in [-0.2, -0.15) is 13.2 Å². The molecule has 13 heteroatoms. The number of pyridine rings is 1. The molecule has 1 aromatic heterocycles. The Morgan fingerprint density at radius 2 is 1.92 bits per heavy atom. The van der Waals surface area contributed by atoms with Crippen molar-refractivity contribution in [2.45, 2.75) is 19.5 Å². The number of aliphatic imine (C=N–C) groups is 2. The zero-order chi connectivity index (χ0) is 28.8. The first-order valence-electron chi connectivity index (χ1n) is 11.8. The molecule has 2 rings (SSSR count). The third kappa shape index (κ3) is 9.29. The maximum absolute atomic E-state index is 14.0. The summed E-state index contributed by atoms with van der Waals surface area (Å²) in [5.41, 5.74) is -0.652. The molecule has 0 atom stereocenters. The lowest BCUT2D eigenvalue weighted by Gasteiger charge is -2.23. The number of carbonyl (C=O) groups is 2. The molecule has 0 unspecified atom stereocenters. The zero-order valence-electron chi connectivity index (χ0n) is 21.6. The summed E-state index contributed by atoms with van der Waals surface area (Å²) in [6, 6.07) is 7.60. The molecule has 0 aliphatic rings. The van der Waals surface area contributed by atoms with Crippen LogP contribution in [0.15, 0.2) is 70.9 Å². The van der Waals surface area contributed by atoms with Gasteiger partial charge in [0.1, 0.15) is 28.7 Å². The lowest BCUT2D eigenvalue weighted by molar-refractivity contribution is -0.112. The van der Waals surface area contributed by atoms with Crippen LogP contribution in [0, 0.1) is 0 Å². The van der Waals surface area contributed by atoms with Gasteiger partial charge in [0.15, 0.2) is 0 Å². The van der Waals surface area contributed by atoms with E-state index in [0.717, 1.165) is 12.5 Å². The van der Waals surface area contributed by atoms with Crippen LogP contribution in [0.1, 0.15) is 13.3 Å². The van der Waals surface area contributed by atoms with Crippen molar-refractivity contribution in [2.75, 3.05) is 42.3 Å². The monoisotopic (exact) mass is 545 g/mol. The maximum Gasteiger partial charge on any atom is 0.421 e. The van der Waals surface area contributed by atoms with E-state index in [1.165, 1.54) is 25.4 Å². The molecule has 0 bridgehead atoms. The Kier molecular flexibility index (Phi) is 11.7. The number of benzene rings is 1. The second-order valence-electron chi connectivity index (χ2n) is 7.86. The van der Waals surface area contributed by atoms with Crippen molar-refractivity contribution >= 4 is 47.8 Å². The van der Waals surface area contributed by atoms with Gasteiger partial charge in [-0.25, -0.2) is 9.98 Å². The van der Waals surface area contributed by atoms with Crippen molar-refractivity contribution in [1.82, 2.24) is 10.3 Å². The van der Waals surface area contributed by atoms with Gasteiger partial charge in [-0.1, -0.05) is 19.6 Å². The summed E-state index contributed by atoms with van der Waals surface area (Å²) >= 11 is 0. The van der Waals surface area contributed by atoms with Crippen LogP contribution in [-0.2, 0) is 9.59 Å². The highest BCUT2D eigenvalue weighted by atomic mass is 19.4. The van der Waals surface area contributed by atoms with E-state index in [-0.39, 0.29) is 17.1 Å². The number of nitrogens with one attached hydrogen (secondary N) is 3. The fourth-order valence-corrected chi connectivity index (χ4v) is 3.35. The molecule has 1 heterocycles. The fourth-order valence-electron chi connectivity index (χ4n) is 3.35. The standard InChI is InChI=1S/C26H30F3N7O3/c1-5-11-36(12-10-31-17-37)23-14-22(39-4)21(16-32-23)35-25(20(15-30-3)26(27,28)29)34-19-9-7-8-18(13-19)33-24(38)6-2/h6-9,13-17H,2-3,5,10-12H2,1,4H3,(H,31,37)(H,33,38)(H,34,35)/b20-15+. The zero-order valence-corrected chi connectivity index (χ0v) is 21.6. The van der Waals surface area contributed by atoms with Gasteiger partial charge in [-0.05, 0) is 37.4 Å². The van der Waals surface area contributed by atoms with Crippen LogP contribution in [0.3, 0.4) is 0 Å². The second kappa shape index (κ2) is 14.9. The molecule has 208 valence electrons. The largest absolute Gasteiger partial charge is 0.494 e. The number of rotatable bonds is 14. The van der Waals surface area contributed by atoms with Crippen molar-refractivity contribution in [3.05, 3.63) is 61.0 Å². The Hall–Kier alpha value is -4.68. The highest BCUT2D eigenvalue weighted by Gasteiger charge is 2.37. The molecule has 0 saturated carbocycles. The highest BCUT2D eigenvalue weighted by Crippen LogP contribution is 2.34. The highest BCUT2D eigenvalue weighted by molar-refractivity contribution is 6.10. The topological polar surface area (TPSA) is 120 Å². The van der Waals surface area contributed by atoms with E-state index < -0.39 is 23.5 Å². The number of amidine groups is 1. The van der Waals surface area contributed by atoms with Crippen molar-refractivity contribution in [3.63, 3.8) is 0 Å². The van der Waals surface area contributed by atoms with Crippen molar-refractivity contribution in [2.24, 2.45) is 9.98 Å². The van der Waals surface area contributed by atoms with Crippen LogP contribution >= 0.6 is 0 Å². The Labute approximate surface area is 224 Å². The van der Waals surface area contributed by atoms with Gasteiger partial charge in [-0.15, -0.1) is 0 Å². The van der Waals surface area contributed by atoms with Crippen LogP contribution in [0.5, 0.6) is 5.75 Å². The van der Waals surface area contributed by atoms with E-state index in [1.807, 2.05) is 11.8 Å². The van der Waals surface area contributed by atoms with Crippen LogP contribution in [-0.4, -0.2) is 62.8 Å². The van der Waals surface area contributed by atoms with Crippen LogP contribution in [0.2, 0.25) is 0 Å². The average molecular weight is 546 g/mol. The van der Waals surface area contributed by atoms with Gasteiger partial charge in [0.25, 0.3) is 0 Å². The van der Waals surface area contributed by atoms with Crippen molar-refractivity contribution < 1.29 is 27.5 Å². The number of alkyl halides is 3. The number of methoxy groups -OCH3 is 1. The molecule has 0 radical (unpaired) electrons. The number of amides is 2. The molecule has 2 aromatic rings. The quantitative estimate of drug-likeness (QED) is 0.106. The summed E-state index contributed by atoms with van der Waals surface area (Å²) in [5.74, 6) is -0.415. The molecular weight excluding hydrogens is 515 g/mol. The minimum absolute atomic E-state index is 0.0153. The van der Waals surface area contributed by atoms with E-state index in [4.69, 9.17) is 4.74 Å². The Morgan fingerprint density at radius 3 is 2.51 bits per heavy atom. The van der Waals surface area contributed by atoms with Gasteiger partial charge in [0.2, 0.25) is 12.3 Å².